The lowest BCUT2D eigenvalue weighted by molar-refractivity contribution is -0.199. The Morgan fingerprint density at radius 1 is 1.18 bits per heavy atom. The number of hydrogen-bond acceptors (Lipinski definition) is 8. The van der Waals surface area contributed by atoms with Gasteiger partial charge in [-0.1, -0.05) is 34.8 Å². The highest BCUT2D eigenvalue weighted by Crippen LogP contribution is 2.34. The van der Waals surface area contributed by atoms with E-state index < -0.39 is 38.7 Å². The van der Waals surface area contributed by atoms with Crippen molar-refractivity contribution in [3.8, 4) is 0 Å². The second-order valence-corrected chi connectivity index (χ2v) is 11.9. The predicted octanol–water partition coefficient (Wildman–Crippen LogP) is 5.47. The summed E-state index contributed by atoms with van der Waals surface area (Å²) in [7, 11) is -3.31. The van der Waals surface area contributed by atoms with E-state index in [1.807, 2.05) is 23.1 Å². The van der Waals surface area contributed by atoms with Gasteiger partial charge in [0.05, 0.1) is 5.51 Å². The third-order valence-corrected chi connectivity index (χ3v) is 9.15. The molecule has 0 saturated carbocycles. The predicted molar refractivity (Wildman–Crippen MR) is 143 cm³/mol. The van der Waals surface area contributed by atoms with E-state index in [1.165, 1.54) is 5.56 Å². The number of aryl methyl sites for hydroxylation is 1. The molecule has 1 atom stereocenters. The molecule has 2 heterocycles. The molecule has 1 saturated heterocycles. The number of carbonyl (C=O) groups excluding carboxylic acids is 1. The van der Waals surface area contributed by atoms with Gasteiger partial charge >= 0.3 is 12.1 Å². The summed E-state index contributed by atoms with van der Waals surface area (Å²) < 4.78 is 80.2. The average Bonchev–Trinajstić information content (AvgIpc) is 3.46. The molecule has 3 aromatic rings. The summed E-state index contributed by atoms with van der Waals surface area (Å²) >= 11 is 0.850. The van der Waals surface area contributed by atoms with Gasteiger partial charge in [-0.2, -0.15) is 21.6 Å². The zero-order chi connectivity index (χ0) is 29.2. The van der Waals surface area contributed by atoms with Crippen LogP contribution < -0.4 is 9.37 Å². The van der Waals surface area contributed by atoms with Gasteiger partial charge < -0.3 is 9.74 Å². The Morgan fingerprint density at radius 2 is 1.82 bits per heavy atom. The molecule has 0 radical (unpaired) electrons. The molecule has 2 aromatic carbocycles. The third-order valence-electron chi connectivity index (χ3n) is 7.01. The van der Waals surface area contributed by atoms with Crippen LogP contribution in [0, 0.1) is 12.7 Å². The number of rotatable bonds is 8. The first-order valence-corrected chi connectivity index (χ1v) is 14.7. The second kappa shape index (κ2) is 11.7. The number of halogens is 4. The molecular formula is C26H28F4N4O4S2. The van der Waals surface area contributed by atoms with Crippen molar-refractivity contribution in [3.05, 3.63) is 70.3 Å². The van der Waals surface area contributed by atoms with Gasteiger partial charge in [-0.3, -0.25) is 4.90 Å². The van der Waals surface area contributed by atoms with E-state index in [0.717, 1.165) is 60.3 Å². The molecule has 40 heavy (non-hydrogen) atoms. The Morgan fingerprint density at radius 3 is 2.40 bits per heavy atom. The van der Waals surface area contributed by atoms with Crippen LogP contribution >= 0.6 is 11.3 Å². The number of nitrogens with zero attached hydrogens (tertiary/aromatic N) is 4. The van der Waals surface area contributed by atoms with Crippen LogP contribution in [0.3, 0.4) is 0 Å². The minimum atomic E-state index is -5.49. The third kappa shape index (κ3) is 6.23. The quantitative estimate of drug-likeness (QED) is 0.251. The van der Waals surface area contributed by atoms with Crippen molar-refractivity contribution in [2.75, 3.05) is 29.5 Å². The Bertz CT molecular complexity index is 1430. The molecule has 1 aliphatic rings. The number of carbonyl (C=O) groups is 1. The maximum Gasteiger partial charge on any atom is 0.493 e. The van der Waals surface area contributed by atoms with Crippen LogP contribution in [0.25, 0.3) is 0 Å². The van der Waals surface area contributed by atoms with Crippen LogP contribution in [0.5, 0.6) is 0 Å². The first-order chi connectivity index (χ1) is 18.8. The SMILES string of the molecule is Cc1cc(S(=O)(=O)N(OC(=O)C(F)(F)F)c2cscn2)c(F)cc1N(C)C1CCN([C@H](C)c2ccccc2)CC1. The number of benzene rings is 2. The molecule has 8 nitrogen and oxygen atoms in total. The Kier molecular flexibility index (Phi) is 8.71. The fraction of sp³-hybridized carbons (Fsp3) is 0.385. The number of aromatic nitrogens is 1. The van der Waals surface area contributed by atoms with E-state index in [-0.39, 0.29) is 16.6 Å². The molecule has 0 N–H and O–H groups in total. The molecule has 0 aliphatic carbocycles. The van der Waals surface area contributed by atoms with Gasteiger partial charge in [-0.25, -0.2) is 14.2 Å². The van der Waals surface area contributed by atoms with Crippen molar-refractivity contribution < 1.29 is 35.6 Å². The minimum Gasteiger partial charge on any atom is -0.371 e. The summed E-state index contributed by atoms with van der Waals surface area (Å²) in [5.41, 5.74) is 3.17. The summed E-state index contributed by atoms with van der Waals surface area (Å²) in [4.78, 5) is 22.6. The van der Waals surface area contributed by atoms with Crippen molar-refractivity contribution in [1.29, 1.82) is 0 Å². The lowest BCUT2D eigenvalue weighted by atomic mass is 9.98. The lowest BCUT2D eigenvalue weighted by Crippen LogP contribution is -2.44. The van der Waals surface area contributed by atoms with E-state index in [4.69, 9.17) is 0 Å². The molecule has 216 valence electrons. The molecule has 1 fully saturated rings. The van der Waals surface area contributed by atoms with E-state index in [1.54, 1.807) is 14.0 Å². The highest BCUT2D eigenvalue weighted by molar-refractivity contribution is 7.92. The van der Waals surface area contributed by atoms with Gasteiger partial charge in [0.1, 0.15) is 10.7 Å². The maximum absolute atomic E-state index is 15.4. The smallest absolute Gasteiger partial charge is 0.371 e. The number of thiazole rings is 1. The van der Waals surface area contributed by atoms with Crippen LogP contribution in [0.1, 0.15) is 36.9 Å². The maximum atomic E-state index is 15.4. The Hall–Kier alpha value is -3.23. The molecule has 14 heteroatoms. The Balaban J connectivity index is 1.54. The number of anilines is 2. The van der Waals surface area contributed by atoms with Crippen molar-refractivity contribution in [2.45, 2.75) is 49.8 Å². The van der Waals surface area contributed by atoms with E-state index in [9.17, 15) is 26.4 Å². The second-order valence-electron chi connectivity index (χ2n) is 9.49. The first-order valence-electron chi connectivity index (χ1n) is 12.3. The zero-order valence-corrected chi connectivity index (χ0v) is 23.6. The van der Waals surface area contributed by atoms with Gasteiger partial charge in [0.25, 0.3) is 10.0 Å². The van der Waals surface area contributed by atoms with Gasteiger partial charge in [-0.15, -0.1) is 11.3 Å². The summed E-state index contributed by atoms with van der Waals surface area (Å²) in [6.07, 6.45) is -3.90. The largest absolute Gasteiger partial charge is 0.493 e. The van der Waals surface area contributed by atoms with Crippen LogP contribution in [0.15, 0.2) is 58.3 Å². The molecule has 0 amide bonds. The normalized spacial score (nSPS) is 16.0. The number of alkyl halides is 3. The molecule has 0 spiro atoms. The van der Waals surface area contributed by atoms with Gasteiger partial charge in [0.15, 0.2) is 5.82 Å². The molecular weight excluding hydrogens is 572 g/mol. The van der Waals surface area contributed by atoms with Crippen LogP contribution in [0.4, 0.5) is 29.1 Å². The van der Waals surface area contributed by atoms with Gasteiger partial charge in [-0.05, 0) is 49.9 Å². The molecule has 0 unspecified atom stereocenters. The average molecular weight is 601 g/mol. The molecule has 1 aliphatic heterocycles. The topological polar surface area (TPSA) is 83.0 Å². The minimum absolute atomic E-state index is 0.0547. The van der Waals surface area contributed by atoms with Crippen LogP contribution in [-0.2, 0) is 19.7 Å². The van der Waals surface area contributed by atoms with E-state index in [0.29, 0.717) is 11.3 Å². The molecule has 0 bridgehead atoms. The summed E-state index contributed by atoms with van der Waals surface area (Å²) in [5.74, 6) is -4.60. The zero-order valence-electron chi connectivity index (χ0n) is 21.9. The lowest BCUT2D eigenvalue weighted by Gasteiger charge is -2.40. The molecule has 4 rings (SSSR count). The van der Waals surface area contributed by atoms with Crippen LogP contribution in [-0.4, -0.2) is 56.6 Å². The standard InChI is InChI=1S/C26H28F4N4O4S2/c1-17-13-23(40(36,37)34(24-15-39-16-31-24)38-25(35)26(28,29)30)21(27)14-22(17)32(3)20-9-11-33(12-10-20)18(2)19-7-5-4-6-8-19/h4-8,13-16,18,20H,9-12H2,1-3H3/t18-/m1/s1. The van der Waals surface area contributed by atoms with E-state index in [2.05, 4.69) is 33.8 Å². The van der Waals surface area contributed by atoms with Crippen molar-refractivity contribution in [3.63, 3.8) is 0 Å². The van der Waals surface area contributed by atoms with E-state index >= 15 is 4.39 Å². The van der Waals surface area contributed by atoms with Crippen molar-refractivity contribution >= 4 is 38.8 Å². The summed E-state index contributed by atoms with van der Waals surface area (Å²) in [6.45, 7) is 5.35. The summed E-state index contributed by atoms with van der Waals surface area (Å²) in [5, 5.41) is 1.05. The fourth-order valence-corrected chi connectivity index (χ4v) is 6.65. The highest BCUT2D eigenvalue weighted by atomic mass is 32.2. The highest BCUT2D eigenvalue weighted by Gasteiger charge is 2.46. The molecule has 1 aromatic heterocycles. The monoisotopic (exact) mass is 600 g/mol. The number of piperidine rings is 1. The first kappa shape index (κ1) is 29.7. The number of sulfonamides is 1. The van der Waals surface area contributed by atoms with Crippen LogP contribution in [0.2, 0.25) is 0 Å². The van der Waals surface area contributed by atoms with Crippen molar-refractivity contribution in [2.24, 2.45) is 0 Å². The summed E-state index contributed by atoms with van der Waals surface area (Å²) in [6, 6.07) is 12.5. The number of hydrogen-bond donors (Lipinski definition) is 0. The Labute approximate surface area is 233 Å². The van der Waals surface area contributed by atoms with Crippen molar-refractivity contribution in [1.82, 2.24) is 9.88 Å². The van der Waals surface area contributed by atoms with Gasteiger partial charge in [0.2, 0.25) is 0 Å². The number of likely N-dealkylation sites (tertiary alicyclic amines) is 1. The fourth-order valence-electron chi connectivity index (χ4n) is 4.75. The van der Waals surface area contributed by atoms with Gasteiger partial charge in [0, 0.05) is 43.3 Å².